The molecule has 0 aromatic heterocycles. The number of carbonyl (C=O) groups is 5. The highest BCUT2D eigenvalue weighted by atomic mass is 16.4. The van der Waals surface area contributed by atoms with Gasteiger partial charge in [0.15, 0.2) is 0 Å². The fourth-order valence-electron chi connectivity index (χ4n) is 2.10. The number of carboxylic acid groups (broad SMARTS) is 3. The summed E-state index contributed by atoms with van der Waals surface area (Å²) in [6, 6.07) is 5.15. The van der Waals surface area contributed by atoms with Crippen LogP contribution in [0.3, 0.4) is 0 Å². The quantitative estimate of drug-likeness (QED) is 0.267. The van der Waals surface area contributed by atoms with Crippen molar-refractivity contribution in [2.24, 2.45) is 0 Å². The Morgan fingerprint density at radius 1 is 0.879 bits per heavy atom. The minimum atomic E-state index is -1.23. The first kappa shape index (κ1) is 31.6. The molecule has 1 aromatic carbocycles. The van der Waals surface area contributed by atoms with E-state index in [0.29, 0.717) is 24.9 Å². The molecule has 11 heteroatoms. The molecule has 0 aliphatic rings. The van der Waals surface area contributed by atoms with Crippen LogP contribution in [0.5, 0.6) is 0 Å². The third-order valence-corrected chi connectivity index (χ3v) is 3.82. The van der Waals surface area contributed by atoms with Crippen molar-refractivity contribution in [1.29, 1.82) is 0 Å². The van der Waals surface area contributed by atoms with Gasteiger partial charge in [0.05, 0.1) is 0 Å². The van der Waals surface area contributed by atoms with Crippen LogP contribution in [-0.4, -0.2) is 64.3 Å². The highest BCUT2D eigenvalue weighted by molar-refractivity contribution is 5.94. The van der Waals surface area contributed by atoms with Gasteiger partial charge in [-0.2, -0.15) is 0 Å². The zero-order valence-corrected chi connectivity index (χ0v) is 19.5. The summed E-state index contributed by atoms with van der Waals surface area (Å²) in [5.74, 6) is -3.38. The molecule has 1 aromatic rings. The Kier molecular flexibility index (Phi) is 18.2. The van der Waals surface area contributed by atoms with Crippen molar-refractivity contribution in [3.63, 3.8) is 0 Å². The fourth-order valence-corrected chi connectivity index (χ4v) is 2.10. The van der Waals surface area contributed by atoms with E-state index in [1.54, 1.807) is 19.1 Å². The van der Waals surface area contributed by atoms with Crippen molar-refractivity contribution in [2.75, 3.05) is 13.1 Å². The Balaban J connectivity index is 0. The zero-order valence-electron chi connectivity index (χ0n) is 19.5. The van der Waals surface area contributed by atoms with Gasteiger partial charge >= 0.3 is 23.9 Å². The maximum atomic E-state index is 11.9. The second-order valence-electron chi connectivity index (χ2n) is 6.48. The van der Waals surface area contributed by atoms with E-state index in [4.69, 9.17) is 15.3 Å². The highest BCUT2D eigenvalue weighted by Crippen LogP contribution is 2.04. The van der Waals surface area contributed by atoms with Crippen molar-refractivity contribution in [2.45, 2.75) is 59.4 Å². The largest absolute Gasteiger partial charge is 0.481 e. The predicted molar refractivity (Wildman–Crippen MR) is 122 cm³/mol. The van der Waals surface area contributed by atoms with Crippen LogP contribution in [0, 0.1) is 6.92 Å². The summed E-state index contributed by atoms with van der Waals surface area (Å²) in [6.07, 6.45) is 1.39. The number of urea groups is 1. The minimum absolute atomic E-state index is 0.163. The number of amides is 3. The van der Waals surface area contributed by atoms with E-state index < -0.39 is 36.5 Å². The first-order chi connectivity index (χ1) is 15.6. The molecule has 0 heterocycles. The molecule has 1 unspecified atom stereocenters. The Bertz CT molecular complexity index is 751. The number of benzene rings is 1. The van der Waals surface area contributed by atoms with Gasteiger partial charge in [-0.25, -0.2) is 9.59 Å². The molecule has 186 valence electrons. The fraction of sp³-hybridized carbons (Fsp3) is 0.500. The van der Waals surface area contributed by atoms with Crippen LogP contribution >= 0.6 is 0 Å². The topological polar surface area (TPSA) is 182 Å². The second kappa shape index (κ2) is 19.1. The Labute approximate surface area is 193 Å². The Morgan fingerprint density at radius 2 is 1.42 bits per heavy atom. The lowest BCUT2D eigenvalue weighted by atomic mass is 10.1. The van der Waals surface area contributed by atoms with Crippen LogP contribution in [0.25, 0.3) is 0 Å². The third-order valence-electron chi connectivity index (χ3n) is 3.82. The van der Waals surface area contributed by atoms with E-state index in [0.717, 1.165) is 5.56 Å². The van der Waals surface area contributed by atoms with Crippen LogP contribution in [0.1, 0.15) is 62.4 Å². The highest BCUT2D eigenvalue weighted by Gasteiger charge is 2.19. The lowest BCUT2D eigenvalue weighted by molar-refractivity contribution is -0.139. The molecule has 0 radical (unpaired) electrons. The lowest BCUT2D eigenvalue weighted by Crippen LogP contribution is -2.47. The van der Waals surface area contributed by atoms with Gasteiger partial charge in [0.1, 0.15) is 12.6 Å². The maximum Gasteiger partial charge on any atom is 0.326 e. The average Bonchev–Trinajstić information content (AvgIpc) is 2.78. The number of aryl methyl sites for hydroxylation is 1. The van der Waals surface area contributed by atoms with Crippen LogP contribution in [0.4, 0.5) is 4.79 Å². The van der Waals surface area contributed by atoms with E-state index in [-0.39, 0.29) is 18.7 Å². The number of aliphatic carboxylic acids is 3. The van der Waals surface area contributed by atoms with Crippen LogP contribution in [0.15, 0.2) is 24.3 Å². The molecular weight excluding hydrogens is 434 g/mol. The zero-order chi connectivity index (χ0) is 25.8. The maximum absolute atomic E-state index is 11.9. The number of hydrogen-bond donors (Lipinski definition) is 6. The Hall–Kier alpha value is -3.63. The van der Waals surface area contributed by atoms with Gasteiger partial charge in [0, 0.05) is 18.5 Å². The van der Waals surface area contributed by atoms with Gasteiger partial charge in [-0.05, 0) is 38.3 Å². The summed E-state index contributed by atoms with van der Waals surface area (Å²) in [7, 11) is 0. The molecule has 1 rings (SSSR count). The van der Waals surface area contributed by atoms with Crippen molar-refractivity contribution < 1.29 is 39.3 Å². The molecule has 3 amide bonds. The molecule has 6 N–H and O–H groups in total. The smallest absolute Gasteiger partial charge is 0.326 e. The van der Waals surface area contributed by atoms with Crippen LogP contribution in [-0.2, 0) is 14.4 Å². The van der Waals surface area contributed by atoms with E-state index in [1.807, 2.05) is 38.2 Å². The molecule has 0 aliphatic heterocycles. The standard InChI is InChI=1S/C17H23N3O6.C3H6O2.C2H6/c1-11-5-7-12(8-6-11)15(23)18-9-3-2-4-13(16(24)25)20-17(26)19-10-14(21)22;1-2-3(4)5;1-2/h5-8,13H,2-4,9-10H2,1H3,(H,18,23)(H,21,22)(H,24,25)(H2,19,20,26);2H2,1H3,(H,4,5);1-2H3. The first-order valence-electron chi connectivity index (χ1n) is 10.6. The lowest BCUT2D eigenvalue weighted by Gasteiger charge is -2.14. The molecular formula is C22H35N3O8. The molecule has 1 atom stereocenters. The van der Waals surface area contributed by atoms with Crippen LogP contribution in [0.2, 0.25) is 0 Å². The molecule has 0 bridgehead atoms. The summed E-state index contributed by atoms with van der Waals surface area (Å²) < 4.78 is 0. The summed E-state index contributed by atoms with van der Waals surface area (Å²) in [4.78, 5) is 54.2. The third kappa shape index (κ3) is 17.7. The summed E-state index contributed by atoms with van der Waals surface area (Å²) in [5.41, 5.74) is 1.61. The Morgan fingerprint density at radius 3 is 1.88 bits per heavy atom. The molecule has 0 spiro atoms. The molecule has 33 heavy (non-hydrogen) atoms. The van der Waals surface area contributed by atoms with Gasteiger partial charge in [0.2, 0.25) is 0 Å². The monoisotopic (exact) mass is 469 g/mol. The number of carbonyl (C=O) groups excluding carboxylic acids is 2. The molecule has 0 aliphatic carbocycles. The predicted octanol–water partition coefficient (Wildman–Crippen LogP) is 2.24. The number of rotatable bonds is 11. The summed E-state index contributed by atoms with van der Waals surface area (Å²) in [6.45, 7) is 7.31. The summed E-state index contributed by atoms with van der Waals surface area (Å²) in [5, 5.41) is 32.2. The molecule has 0 saturated heterocycles. The second-order valence-corrected chi connectivity index (χ2v) is 6.48. The van der Waals surface area contributed by atoms with Crippen molar-refractivity contribution in [3.05, 3.63) is 35.4 Å². The molecule has 0 saturated carbocycles. The van der Waals surface area contributed by atoms with Crippen molar-refractivity contribution in [3.8, 4) is 0 Å². The van der Waals surface area contributed by atoms with Gasteiger partial charge in [0.25, 0.3) is 5.91 Å². The normalized spacial score (nSPS) is 10.2. The van der Waals surface area contributed by atoms with Gasteiger partial charge < -0.3 is 31.3 Å². The average molecular weight is 470 g/mol. The van der Waals surface area contributed by atoms with Crippen molar-refractivity contribution in [1.82, 2.24) is 16.0 Å². The van der Waals surface area contributed by atoms with Gasteiger partial charge in [-0.3, -0.25) is 14.4 Å². The summed E-state index contributed by atoms with van der Waals surface area (Å²) >= 11 is 0. The van der Waals surface area contributed by atoms with E-state index >= 15 is 0 Å². The first-order valence-corrected chi connectivity index (χ1v) is 10.6. The SMILES string of the molecule is CC.CCC(=O)O.Cc1ccc(C(=O)NCCCCC(NC(=O)NCC(=O)O)C(=O)O)cc1. The van der Waals surface area contributed by atoms with E-state index in [2.05, 4.69) is 10.6 Å². The van der Waals surface area contributed by atoms with Crippen molar-refractivity contribution >= 4 is 29.8 Å². The molecule has 11 nitrogen and oxygen atoms in total. The van der Waals surface area contributed by atoms with Gasteiger partial charge in [-0.1, -0.05) is 38.5 Å². The number of hydrogen-bond acceptors (Lipinski definition) is 5. The van der Waals surface area contributed by atoms with Gasteiger partial charge in [-0.15, -0.1) is 0 Å². The minimum Gasteiger partial charge on any atom is -0.481 e. The van der Waals surface area contributed by atoms with Crippen LogP contribution < -0.4 is 16.0 Å². The molecule has 0 fully saturated rings. The van der Waals surface area contributed by atoms with E-state index in [9.17, 15) is 24.0 Å². The van der Waals surface area contributed by atoms with E-state index in [1.165, 1.54) is 0 Å². The number of unbranched alkanes of at least 4 members (excludes halogenated alkanes) is 1. The number of carboxylic acids is 3. The number of nitrogens with one attached hydrogen (secondary N) is 3.